The molecule has 2 aromatic rings. The number of allylic oxidation sites excluding steroid dienone is 1. The van der Waals surface area contributed by atoms with Crippen molar-refractivity contribution in [2.24, 2.45) is 16.7 Å². The van der Waals surface area contributed by atoms with Gasteiger partial charge in [-0.25, -0.2) is 0 Å². The van der Waals surface area contributed by atoms with Gasteiger partial charge in [0.15, 0.2) is 0 Å². The van der Waals surface area contributed by atoms with Crippen LogP contribution >= 0.6 is 11.3 Å². The average Bonchev–Trinajstić information content (AvgIpc) is 3.33. The zero-order chi connectivity index (χ0) is 24.3. The molecule has 6 nitrogen and oxygen atoms in total. The van der Waals surface area contributed by atoms with Crippen molar-refractivity contribution in [2.45, 2.75) is 52.6 Å². The molecule has 1 aliphatic heterocycles. The fourth-order valence-electron chi connectivity index (χ4n) is 5.38. The van der Waals surface area contributed by atoms with E-state index in [0.717, 1.165) is 22.6 Å². The SMILES string of the molecule is COC(=O)[C@@]12C[C@@H](CC(=O)NCc3cccs3)C(=O)N(Cc3ccccc3)C1=CCC(C)(C)C2. The van der Waals surface area contributed by atoms with E-state index in [2.05, 4.69) is 19.2 Å². The minimum Gasteiger partial charge on any atom is -0.468 e. The van der Waals surface area contributed by atoms with Gasteiger partial charge in [-0.1, -0.05) is 56.3 Å². The molecule has 2 aliphatic rings. The molecule has 2 atom stereocenters. The van der Waals surface area contributed by atoms with Gasteiger partial charge in [-0.05, 0) is 41.7 Å². The van der Waals surface area contributed by atoms with Crippen LogP contribution in [0.25, 0.3) is 0 Å². The van der Waals surface area contributed by atoms with Crippen LogP contribution in [0.5, 0.6) is 0 Å². The number of carbonyl (C=O) groups excluding carboxylic acids is 3. The summed E-state index contributed by atoms with van der Waals surface area (Å²) < 4.78 is 5.31. The normalized spacial score (nSPS) is 23.6. The van der Waals surface area contributed by atoms with Gasteiger partial charge in [-0.2, -0.15) is 0 Å². The fourth-order valence-corrected chi connectivity index (χ4v) is 6.02. The largest absolute Gasteiger partial charge is 0.468 e. The van der Waals surface area contributed by atoms with Gasteiger partial charge < -0.3 is 15.0 Å². The summed E-state index contributed by atoms with van der Waals surface area (Å²) >= 11 is 1.58. The van der Waals surface area contributed by atoms with E-state index >= 15 is 0 Å². The average molecular weight is 481 g/mol. The maximum absolute atomic E-state index is 13.7. The summed E-state index contributed by atoms with van der Waals surface area (Å²) in [6.07, 6.45) is 3.71. The number of benzene rings is 1. The van der Waals surface area contributed by atoms with Gasteiger partial charge in [0, 0.05) is 22.9 Å². The molecule has 0 radical (unpaired) electrons. The first-order valence-corrected chi connectivity index (χ1v) is 12.6. The van der Waals surface area contributed by atoms with Crippen LogP contribution in [-0.2, 0) is 32.2 Å². The van der Waals surface area contributed by atoms with Gasteiger partial charge in [-0.15, -0.1) is 11.3 Å². The quantitative estimate of drug-likeness (QED) is 0.585. The third-order valence-electron chi connectivity index (χ3n) is 6.85. The zero-order valence-corrected chi connectivity index (χ0v) is 20.8. The predicted octanol–water partition coefficient (Wildman–Crippen LogP) is 4.67. The molecule has 0 spiro atoms. The maximum Gasteiger partial charge on any atom is 0.317 e. The summed E-state index contributed by atoms with van der Waals surface area (Å²) in [5.41, 5.74) is 0.631. The Morgan fingerprint density at radius 1 is 1.18 bits per heavy atom. The Hall–Kier alpha value is -2.93. The first-order chi connectivity index (χ1) is 16.2. The molecule has 1 aliphatic carbocycles. The second kappa shape index (κ2) is 9.74. The number of rotatable bonds is 7. The van der Waals surface area contributed by atoms with Crippen molar-refractivity contribution in [3.63, 3.8) is 0 Å². The number of hydrogen-bond donors (Lipinski definition) is 1. The van der Waals surface area contributed by atoms with E-state index in [-0.39, 0.29) is 36.0 Å². The Morgan fingerprint density at radius 3 is 2.62 bits per heavy atom. The predicted molar refractivity (Wildman–Crippen MR) is 131 cm³/mol. The molecule has 2 heterocycles. The van der Waals surface area contributed by atoms with Crippen LogP contribution in [0.3, 0.4) is 0 Å². The highest BCUT2D eigenvalue weighted by Gasteiger charge is 2.57. The lowest BCUT2D eigenvalue weighted by molar-refractivity contribution is -0.162. The maximum atomic E-state index is 13.7. The number of nitrogens with zero attached hydrogens (tertiary/aromatic N) is 1. The topological polar surface area (TPSA) is 75.7 Å². The van der Waals surface area contributed by atoms with E-state index < -0.39 is 11.3 Å². The summed E-state index contributed by atoms with van der Waals surface area (Å²) in [5.74, 6) is -1.23. The summed E-state index contributed by atoms with van der Waals surface area (Å²) in [7, 11) is 1.40. The van der Waals surface area contributed by atoms with E-state index in [9.17, 15) is 14.4 Å². The van der Waals surface area contributed by atoms with Crippen LogP contribution in [0.1, 0.15) is 50.0 Å². The minimum atomic E-state index is -0.947. The molecule has 1 saturated heterocycles. The summed E-state index contributed by atoms with van der Waals surface area (Å²) in [4.78, 5) is 42.7. The molecule has 2 amide bonds. The lowest BCUT2D eigenvalue weighted by Crippen LogP contribution is -2.55. The van der Waals surface area contributed by atoms with E-state index in [1.807, 2.05) is 53.9 Å². The van der Waals surface area contributed by atoms with E-state index in [1.54, 1.807) is 16.2 Å². The van der Waals surface area contributed by atoms with Gasteiger partial charge >= 0.3 is 5.97 Å². The van der Waals surface area contributed by atoms with Crippen LogP contribution in [0.15, 0.2) is 59.6 Å². The fraction of sp³-hybridized carbons (Fsp3) is 0.444. The highest BCUT2D eigenvalue weighted by atomic mass is 32.1. The Bertz CT molecular complexity index is 1080. The van der Waals surface area contributed by atoms with Crippen LogP contribution in [-0.4, -0.2) is 29.8 Å². The number of likely N-dealkylation sites (tertiary alicyclic amines) is 1. The highest BCUT2D eigenvalue weighted by Crippen LogP contribution is 2.55. The van der Waals surface area contributed by atoms with Crippen LogP contribution in [0.4, 0.5) is 0 Å². The molecule has 0 unspecified atom stereocenters. The minimum absolute atomic E-state index is 0.0436. The number of ether oxygens (including phenoxy) is 1. The number of nitrogens with one attached hydrogen (secondary N) is 1. The molecule has 7 heteroatoms. The van der Waals surface area contributed by atoms with Gasteiger partial charge in [0.05, 0.1) is 20.2 Å². The Kier molecular flexibility index (Phi) is 6.94. The van der Waals surface area contributed by atoms with Crippen molar-refractivity contribution in [1.29, 1.82) is 0 Å². The lowest BCUT2D eigenvalue weighted by Gasteiger charge is -2.51. The molecule has 0 saturated carbocycles. The second-order valence-electron chi connectivity index (χ2n) is 10.1. The van der Waals surface area contributed by atoms with E-state index in [0.29, 0.717) is 19.5 Å². The smallest absolute Gasteiger partial charge is 0.317 e. The molecular formula is C27H32N2O4S. The monoisotopic (exact) mass is 480 g/mol. The number of thiophene rings is 1. The van der Waals surface area contributed by atoms with Gasteiger partial charge in [0.1, 0.15) is 5.41 Å². The molecule has 1 aromatic carbocycles. The number of amides is 2. The molecular weight excluding hydrogens is 448 g/mol. The molecule has 34 heavy (non-hydrogen) atoms. The Balaban J connectivity index is 1.65. The second-order valence-corrected chi connectivity index (χ2v) is 11.1. The highest BCUT2D eigenvalue weighted by molar-refractivity contribution is 7.09. The van der Waals surface area contributed by atoms with Gasteiger partial charge in [0.25, 0.3) is 0 Å². The van der Waals surface area contributed by atoms with Crippen molar-refractivity contribution in [2.75, 3.05) is 7.11 Å². The molecule has 0 bridgehead atoms. The van der Waals surface area contributed by atoms with Gasteiger partial charge in [0.2, 0.25) is 11.8 Å². The first kappa shape index (κ1) is 24.2. The Morgan fingerprint density at radius 2 is 1.94 bits per heavy atom. The third kappa shape index (κ3) is 4.94. The van der Waals surface area contributed by atoms with Crippen LogP contribution < -0.4 is 5.32 Å². The number of methoxy groups -OCH3 is 1. The van der Waals surface area contributed by atoms with Crippen molar-refractivity contribution in [1.82, 2.24) is 10.2 Å². The summed E-state index contributed by atoms with van der Waals surface area (Å²) in [6.45, 7) is 5.06. The number of piperidine rings is 1. The van der Waals surface area contributed by atoms with E-state index in [1.165, 1.54) is 7.11 Å². The number of esters is 1. The van der Waals surface area contributed by atoms with Crippen LogP contribution in [0, 0.1) is 16.7 Å². The van der Waals surface area contributed by atoms with E-state index in [4.69, 9.17) is 4.74 Å². The molecule has 180 valence electrons. The van der Waals surface area contributed by atoms with Crippen molar-refractivity contribution >= 4 is 29.1 Å². The first-order valence-electron chi connectivity index (χ1n) is 11.7. The molecule has 1 N–H and O–H groups in total. The number of fused-ring (bicyclic) bond motifs is 1. The Labute approximate surface area is 205 Å². The third-order valence-corrected chi connectivity index (χ3v) is 7.73. The molecule has 1 aromatic heterocycles. The number of carbonyl (C=O) groups is 3. The summed E-state index contributed by atoms with van der Waals surface area (Å²) in [5, 5.41) is 4.90. The van der Waals surface area contributed by atoms with Gasteiger partial charge in [-0.3, -0.25) is 14.4 Å². The standard InChI is InChI=1S/C27H32N2O4S/c1-26(2)12-11-22-27(18-26,25(32)33-3)15-20(14-23(30)28-16-21-10-7-13-34-21)24(31)29(22)17-19-8-5-4-6-9-19/h4-11,13,20H,12,14-18H2,1-3H3,(H,28,30)/t20-,27-/m1/s1. The van der Waals surface area contributed by atoms with Crippen molar-refractivity contribution in [3.8, 4) is 0 Å². The molecule has 4 rings (SSSR count). The summed E-state index contributed by atoms with van der Waals surface area (Å²) in [6, 6.07) is 13.7. The molecule has 1 fully saturated rings. The lowest BCUT2D eigenvalue weighted by atomic mass is 9.59. The van der Waals surface area contributed by atoms with Crippen molar-refractivity contribution < 1.29 is 19.1 Å². The van der Waals surface area contributed by atoms with Crippen molar-refractivity contribution in [3.05, 3.63) is 70.1 Å². The zero-order valence-electron chi connectivity index (χ0n) is 20.0. The number of hydrogen-bond acceptors (Lipinski definition) is 5. The van der Waals surface area contributed by atoms with Crippen LogP contribution in [0.2, 0.25) is 0 Å².